The van der Waals surface area contributed by atoms with Crippen LogP contribution in [0.1, 0.15) is 27.8 Å². The summed E-state index contributed by atoms with van der Waals surface area (Å²) in [6.07, 6.45) is -4.11. The Morgan fingerprint density at radius 3 is 1.46 bits per heavy atom. The first-order valence-corrected chi connectivity index (χ1v) is 16.9. The summed E-state index contributed by atoms with van der Waals surface area (Å²) in [4.78, 5) is 13.2. The molecule has 8 nitrogen and oxygen atoms in total. The molecule has 0 saturated carbocycles. The first-order valence-electron chi connectivity index (χ1n) is 16.9. The molecule has 0 aromatic heterocycles. The van der Waals surface area contributed by atoms with Gasteiger partial charge in [0, 0.05) is 0 Å². The van der Waals surface area contributed by atoms with Crippen molar-refractivity contribution >= 4 is 6.09 Å². The van der Waals surface area contributed by atoms with E-state index in [4.69, 9.17) is 28.4 Å². The molecule has 5 aromatic rings. The molecule has 0 spiro atoms. The minimum Gasteiger partial charge on any atom is -0.445 e. The van der Waals surface area contributed by atoms with E-state index in [2.05, 4.69) is 5.32 Å². The molecule has 1 amide bonds. The first kappa shape index (κ1) is 35.0. The van der Waals surface area contributed by atoms with Crippen LogP contribution in [0.4, 0.5) is 4.79 Å². The van der Waals surface area contributed by atoms with Gasteiger partial charge in [-0.15, -0.1) is 0 Å². The van der Waals surface area contributed by atoms with Crippen LogP contribution in [0, 0.1) is 0 Å². The molecule has 258 valence electrons. The van der Waals surface area contributed by atoms with E-state index in [0.717, 1.165) is 27.8 Å². The lowest BCUT2D eigenvalue weighted by Crippen LogP contribution is -2.47. The number of benzene rings is 5. The predicted octanol–water partition coefficient (Wildman–Crippen LogP) is 7.61. The Morgan fingerprint density at radius 2 is 0.960 bits per heavy atom. The van der Waals surface area contributed by atoms with E-state index in [9.17, 15) is 4.79 Å². The van der Waals surface area contributed by atoms with Crippen molar-refractivity contribution in [3.8, 4) is 0 Å². The maximum atomic E-state index is 13.2. The van der Waals surface area contributed by atoms with E-state index < -0.39 is 36.7 Å². The van der Waals surface area contributed by atoms with E-state index in [1.54, 1.807) is 0 Å². The third-order valence-corrected chi connectivity index (χ3v) is 8.36. The van der Waals surface area contributed by atoms with Gasteiger partial charge in [0.15, 0.2) is 6.23 Å². The molecule has 1 aliphatic heterocycles. The van der Waals surface area contributed by atoms with Crippen molar-refractivity contribution in [3.63, 3.8) is 0 Å². The molecule has 50 heavy (non-hydrogen) atoms. The summed E-state index contributed by atoms with van der Waals surface area (Å²) in [5.74, 6) is 0. The molecule has 8 heteroatoms. The topological polar surface area (TPSA) is 84.5 Å². The summed E-state index contributed by atoms with van der Waals surface area (Å²) in [5, 5.41) is 2.92. The van der Waals surface area contributed by atoms with Crippen LogP contribution in [0.3, 0.4) is 0 Å². The summed E-state index contributed by atoms with van der Waals surface area (Å²) in [6, 6.07) is 49.3. The molecule has 0 radical (unpaired) electrons. The molecule has 5 aromatic carbocycles. The lowest BCUT2D eigenvalue weighted by molar-refractivity contribution is -0.142. The molecule has 5 atom stereocenters. The van der Waals surface area contributed by atoms with Crippen LogP contribution in [0.2, 0.25) is 0 Å². The second kappa shape index (κ2) is 18.8. The standard InChI is InChI=1S/C42H43NO7/c44-42(49-30-36-24-14-5-15-25-36)43-41-40(48-29-35-22-12-4-13-23-35)39(47-28-34-20-10-3-11-21-34)38(50-41)37(46-27-33-18-8-2-9-19-33)31-45-26-32-16-6-1-7-17-32/h1-25,37-41H,26-31H2,(H,43,44)/t37-,38-,39+,40-,41?/m1/s1. The zero-order valence-corrected chi connectivity index (χ0v) is 27.9. The quantitative estimate of drug-likeness (QED) is 0.109. The van der Waals surface area contributed by atoms with Crippen LogP contribution in [0.25, 0.3) is 0 Å². The molecule has 1 N–H and O–H groups in total. The van der Waals surface area contributed by atoms with Gasteiger partial charge in [-0.05, 0) is 27.8 Å². The summed E-state index contributed by atoms with van der Waals surface area (Å²) >= 11 is 0. The van der Waals surface area contributed by atoms with Gasteiger partial charge in [-0.1, -0.05) is 152 Å². The SMILES string of the molecule is O=C(NC1O[C@H]([C@@H](COCc2ccccc2)OCc2ccccc2)[C@H](OCc2ccccc2)[C@H]1OCc1ccccc1)OCc1ccccc1. The molecular formula is C42H43NO7. The Bertz CT molecular complexity index is 1680. The number of amides is 1. The van der Waals surface area contributed by atoms with Gasteiger partial charge in [0.25, 0.3) is 0 Å². The summed E-state index contributed by atoms with van der Waals surface area (Å²) < 4.78 is 38.3. The third kappa shape index (κ3) is 10.6. The van der Waals surface area contributed by atoms with Crippen LogP contribution in [0.15, 0.2) is 152 Å². The lowest BCUT2D eigenvalue weighted by atomic mass is 10.0. The first-order chi connectivity index (χ1) is 24.7. The predicted molar refractivity (Wildman–Crippen MR) is 190 cm³/mol. The summed E-state index contributed by atoms with van der Waals surface area (Å²) in [7, 11) is 0. The van der Waals surface area contributed by atoms with Crippen LogP contribution in [-0.4, -0.2) is 43.3 Å². The molecule has 1 unspecified atom stereocenters. The lowest BCUT2D eigenvalue weighted by Gasteiger charge is -2.29. The van der Waals surface area contributed by atoms with E-state index in [1.807, 2.05) is 152 Å². The molecule has 1 fully saturated rings. The molecule has 1 saturated heterocycles. The van der Waals surface area contributed by atoms with Crippen molar-refractivity contribution in [2.24, 2.45) is 0 Å². The summed E-state index contributed by atoms with van der Waals surface area (Å²) in [5.41, 5.74) is 4.90. The Hall–Kier alpha value is -4.83. The number of rotatable bonds is 17. The Morgan fingerprint density at radius 1 is 0.540 bits per heavy atom. The highest BCUT2D eigenvalue weighted by molar-refractivity contribution is 5.67. The molecule has 6 rings (SSSR count). The van der Waals surface area contributed by atoms with Gasteiger partial charge in [-0.2, -0.15) is 0 Å². The molecule has 1 aliphatic rings. The molecule has 1 heterocycles. The maximum absolute atomic E-state index is 13.2. The van der Waals surface area contributed by atoms with Gasteiger partial charge < -0.3 is 28.4 Å². The average Bonchev–Trinajstić information content (AvgIpc) is 3.51. The van der Waals surface area contributed by atoms with Gasteiger partial charge in [0.05, 0.1) is 33.0 Å². The highest BCUT2D eigenvalue weighted by atomic mass is 16.6. The zero-order chi connectivity index (χ0) is 34.2. The monoisotopic (exact) mass is 673 g/mol. The van der Waals surface area contributed by atoms with Crippen molar-refractivity contribution in [1.29, 1.82) is 0 Å². The van der Waals surface area contributed by atoms with Gasteiger partial charge >= 0.3 is 6.09 Å². The van der Waals surface area contributed by atoms with Crippen LogP contribution >= 0.6 is 0 Å². The highest BCUT2D eigenvalue weighted by Gasteiger charge is 2.51. The van der Waals surface area contributed by atoms with Crippen LogP contribution in [-0.2, 0) is 61.5 Å². The number of hydrogen-bond donors (Lipinski definition) is 1. The smallest absolute Gasteiger partial charge is 0.409 e. The Balaban J connectivity index is 1.25. The second-order valence-corrected chi connectivity index (χ2v) is 12.1. The van der Waals surface area contributed by atoms with E-state index in [0.29, 0.717) is 19.8 Å². The number of carbonyl (C=O) groups excluding carboxylic acids is 1. The van der Waals surface area contributed by atoms with Gasteiger partial charge in [0.2, 0.25) is 0 Å². The fourth-order valence-corrected chi connectivity index (χ4v) is 5.77. The second-order valence-electron chi connectivity index (χ2n) is 12.1. The van der Waals surface area contributed by atoms with Crippen molar-refractivity contribution in [2.75, 3.05) is 6.61 Å². The maximum Gasteiger partial charge on any atom is 0.409 e. The average molecular weight is 674 g/mol. The van der Waals surface area contributed by atoms with Gasteiger partial charge in [-0.25, -0.2) is 4.79 Å². The third-order valence-electron chi connectivity index (χ3n) is 8.36. The van der Waals surface area contributed by atoms with Crippen molar-refractivity contribution < 1.29 is 33.2 Å². The molecular weight excluding hydrogens is 630 g/mol. The van der Waals surface area contributed by atoms with Gasteiger partial charge in [-0.3, -0.25) is 5.32 Å². The largest absolute Gasteiger partial charge is 0.445 e. The van der Waals surface area contributed by atoms with Crippen molar-refractivity contribution in [1.82, 2.24) is 5.32 Å². The van der Waals surface area contributed by atoms with Crippen molar-refractivity contribution in [3.05, 3.63) is 179 Å². The summed E-state index contributed by atoms with van der Waals surface area (Å²) in [6.45, 7) is 1.65. The highest BCUT2D eigenvalue weighted by Crippen LogP contribution is 2.31. The van der Waals surface area contributed by atoms with Crippen molar-refractivity contribution in [2.45, 2.75) is 63.7 Å². The number of hydrogen-bond acceptors (Lipinski definition) is 7. The zero-order valence-electron chi connectivity index (χ0n) is 27.9. The van der Waals surface area contributed by atoms with E-state index >= 15 is 0 Å². The van der Waals surface area contributed by atoms with Gasteiger partial charge in [0.1, 0.15) is 31.0 Å². The number of nitrogens with one attached hydrogen (secondary N) is 1. The fraction of sp³-hybridized carbons (Fsp3) is 0.262. The number of alkyl carbamates (subject to hydrolysis) is 1. The number of ether oxygens (including phenoxy) is 6. The van der Waals surface area contributed by atoms with E-state index in [1.165, 1.54) is 0 Å². The normalized spacial score (nSPS) is 19.1. The molecule has 0 bridgehead atoms. The van der Waals surface area contributed by atoms with E-state index in [-0.39, 0.29) is 19.8 Å². The Kier molecular flexibility index (Phi) is 13.2. The van der Waals surface area contributed by atoms with Crippen LogP contribution in [0.5, 0.6) is 0 Å². The number of carbonyl (C=O) groups is 1. The minimum absolute atomic E-state index is 0.114. The molecule has 0 aliphatic carbocycles. The Labute approximate surface area is 293 Å². The van der Waals surface area contributed by atoms with Crippen LogP contribution < -0.4 is 5.32 Å². The fourth-order valence-electron chi connectivity index (χ4n) is 5.77. The minimum atomic E-state index is -0.898.